The van der Waals surface area contributed by atoms with Crippen LogP contribution in [0.4, 0.5) is 0 Å². The van der Waals surface area contributed by atoms with E-state index < -0.39 is 29.9 Å². The van der Waals surface area contributed by atoms with Crippen LogP contribution in [-0.2, 0) is 38.8 Å². The second-order valence-electron chi connectivity index (χ2n) is 9.44. The Balaban J connectivity index is 1.44. The van der Waals surface area contributed by atoms with Gasteiger partial charge in [0.1, 0.15) is 29.9 Å². The Hall–Kier alpha value is -2.97. The molecule has 0 aromatic heterocycles. The second-order valence-corrected chi connectivity index (χ2v) is 10.6. The van der Waals surface area contributed by atoms with Crippen molar-refractivity contribution in [3.05, 3.63) is 138 Å². The molecule has 202 valence electrons. The highest BCUT2D eigenvalue weighted by atomic mass is 32.2. The van der Waals surface area contributed by atoms with Gasteiger partial charge in [0.05, 0.1) is 26.4 Å². The highest BCUT2D eigenvalue weighted by molar-refractivity contribution is 7.99. The van der Waals surface area contributed by atoms with Gasteiger partial charge in [0, 0.05) is 4.90 Å². The summed E-state index contributed by atoms with van der Waals surface area (Å²) in [5, 5.41) is 10.4. The molecule has 39 heavy (non-hydrogen) atoms. The number of benzene rings is 4. The lowest BCUT2D eigenvalue weighted by molar-refractivity contribution is -0.251. The van der Waals surface area contributed by atoms with Gasteiger partial charge in [-0.15, -0.1) is 0 Å². The average molecular weight is 543 g/mol. The van der Waals surface area contributed by atoms with Crippen molar-refractivity contribution in [3.63, 3.8) is 0 Å². The first kappa shape index (κ1) is 27.6. The van der Waals surface area contributed by atoms with E-state index in [9.17, 15) is 5.11 Å². The molecule has 1 aliphatic rings. The summed E-state index contributed by atoms with van der Waals surface area (Å²) in [4.78, 5) is 1.05. The SMILES string of the molecule is OCC1O[C@@H](Sc2ccccc2)C(OCc2ccccc2)[C@@H](OCc2ccccc2)[C@H]1OCc1ccccc1. The number of aliphatic hydroxyl groups is 1. The van der Waals surface area contributed by atoms with Crippen molar-refractivity contribution in [2.45, 2.75) is 54.6 Å². The van der Waals surface area contributed by atoms with Gasteiger partial charge in [-0.2, -0.15) is 0 Å². The number of ether oxygens (including phenoxy) is 4. The molecule has 0 spiro atoms. The van der Waals surface area contributed by atoms with Crippen LogP contribution in [0.1, 0.15) is 16.7 Å². The smallest absolute Gasteiger partial charge is 0.137 e. The molecule has 4 aromatic rings. The minimum absolute atomic E-state index is 0.193. The van der Waals surface area contributed by atoms with Gasteiger partial charge < -0.3 is 24.1 Å². The number of aliphatic hydroxyl groups excluding tert-OH is 1. The predicted octanol–water partition coefficient (Wildman–Crippen LogP) is 6.25. The topological polar surface area (TPSA) is 57.2 Å². The number of hydrogen-bond donors (Lipinski definition) is 1. The maximum Gasteiger partial charge on any atom is 0.137 e. The molecule has 6 heteroatoms. The standard InChI is InChI=1S/C33H34O5S/c34-21-29-30(35-22-25-13-5-1-6-14-25)31(36-23-26-15-7-2-8-16-26)32(37-24-27-17-9-3-10-18-27)33(38-29)39-28-19-11-4-12-20-28/h1-20,29-34H,21-24H2/t29?,30-,31-,32?,33-/m0/s1. The Morgan fingerprint density at radius 2 is 0.949 bits per heavy atom. The molecule has 0 radical (unpaired) electrons. The van der Waals surface area contributed by atoms with Crippen LogP contribution in [0.3, 0.4) is 0 Å². The number of thioether (sulfide) groups is 1. The van der Waals surface area contributed by atoms with Crippen LogP contribution in [-0.4, -0.2) is 41.6 Å². The van der Waals surface area contributed by atoms with Gasteiger partial charge in [-0.1, -0.05) is 121 Å². The molecule has 1 heterocycles. The van der Waals surface area contributed by atoms with E-state index >= 15 is 0 Å². The van der Waals surface area contributed by atoms with Crippen LogP contribution in [0.15, 0.2) is 126 Å². The second kappa shape index (κ2) is 14.4. The van der Waals surface area contributed by atoms with Gasteiger partial charge in [-0.3, -0.25) is 0 Å². The summed E-state index contributed by atoms with van der Waals surface area (Å²) in [5.41, 5.74) is 2.75. The van der Waals surface area contributed by atoms with Crippen molar-refractivity contribution >= 4 is 11.8 Å². The summed E-state index contributed by atoms with van der Waals surface area (Å²) in [6.45, 7) is 0.976. The van der Waals surface area contributed by atoms with Crippen LogP contribution < -0.4 is 0 Å². The van der Waals surface area contributed by atoms with Crippen molar-refractivity contribution in [1.82, 2.24) is 0 Å². The Labute approximate surface area is 234 Å². The van der Waals surface area contributed by atoms with Crippen LogP contribution in [0.5, 0.6) is 0 Å². The van der Waals surface area contributed by atoms with Crippen molar-refractivity contribution in [3.8, 4) is 0 Å². The fourth-order valence-electron chi connectivity index (χ4n) is 4.62. The minimum atomic E-state index is -0.577. The lowest BCUT2D eigenvalue weighted by Gasteiger charge is -2.45. The molecule has 0 saturated carbocycles. The minimum Gasteiger partial charge on any atom is -0.394 e. The van der Waals surface area contributed by atoms with Gasteiger partial charge in [-0.25, -0.2) is 0 Å². The molecule has 1 saturated heterocycles. The van der Waals surface area contributed by atoms with Crippen molar-refractivity contribution in [1.29, 1.82) is 0 Å². The summed E-state index contributed by atoms with van der Waals surface area (Å²) in [7, 11) is 0. The third-order valence-electron chi connectivity index (χ3n) is 6.62. The molecule has 5 rings (SSSR count). The molecule has 0 amide bonds. The Bertz CT molecular complexity index is 1230. The lowest BCUT2D eigenvalue weighted by Crippen LogP contribution is -2.60. The van der Waals surface area contributed by atoms with Gasteiger partial charge in [-0.05, 0) is 28.8 Å². The Kier molecular flexibility index (Phi) is 10.2. The highest BCUT2D eigenvalue weighted by Crippen LogP contribution is 2.38. The molecule has 2 unspecified atom stereocenters. The molecule has 0 aliphatic carbocycles. The molecule has 0 bridgehead atoms. The van der Waals surface area contributed by atoms with Gasteiger partial charge in [0.2, 0.25) is 0 Å². The van der Waals surface area contributed by atoms with Crippen molar-refractivity contribution in [2.24, 2.45) is 0 Å². The van der Waals surface area contributed by atoms with Crippen LogP contribution in [0.25, 0.3) is 0 Å². The largest absolute Gasteiger partial charge is 0.394 e. The highest BCUT2D eigenvalue weighted by Gasteiger charge is 2.48. The van der Waals surface area contributed by atoms with Crippen molar-refractivity contribution < 1.29 is 24.1 Å². The number of hydrogen-bond acceptors (Lipinski definition) is 6. The molecular weight excluding hydrogens is 508 g/mol. The zero-order valence-corrected chi connectivity index (χ0v) is 22.6. The van der Waals surface area contributed by atoms with E-state index in [1.165, 1.54) is 0 Å². The predicted molar refractivity (Wildman–Crippen MR) is 153 cm³/mol. The first-order valence-electron chi connectivity index (χ1n) is 13.2. The zero-order chi connectivity index (χ0) is 26.7. The monoisotopic (exact) mass is 542 g/mol. The normalized spacial score (nSPS) is 22.9. The van der Waals surface area contributed by atoms with E-state index in [1.54, 1.807) is 11.8 Å². The zero-order valence-electron chi connectivity index (χ0n) is 21.8. The summed E-state index contributed by atoms with van der Waals surface area (Å²) in [6.07, 6.45) is -2.05. The quantitative estimate of drug-likeness (QED) is 0.228. The van der Waals surface area contributed by atoms with E-state index in [0.717, 1.165) is 21.6 Å². The third-order valence-corrected chi connectivity index (χ3v) is 7.78. The maximum absolute atomic E-state index is 10.4. The van der Waals surface area contributed by atoms with E-state index in [-0.39, 0.29) is 6.61 Å². The average Bonchev–Trinajstić information content (AvgIpc) is 3.00. The Morgan fingerprint density at radius 1 is 0.538 bits per heavy atom. The van der Waals surface area contributed by atoms with E-state index in [2.05, 4.69) is 0 Å². The van der Waals surface area contributed by atoms with Gasteiger partial charge in [0.15, 0.2) is 0 Å². The molecule has 1 aliphatic heterocycles. The number of rotatable bonds is 12. The fraction of sp³-hybridized carbons (Fsp3) is 0.273. The van der Waals surface area contributed by atoms with E-state index in [1.807, 2.05) is 121 Å². The third kappa shape index (κ3) is 7.79. The molecule has 5 atom stereocenters. The van der Waals surface area contributed by atoms with Crippen LogP contribution >= 0.6 is 11.8 Å². The van der Waals surface area contributed by atoms with Gasteiger partial charge >= 0.3 is 0 Å². The van der Waals surface area contributed by atoms with E-state index in [4.69, 9.17) is 18.9 Å². The molecule has 1 fully saturated rings. The first-order valence-corrected chi connectivity index (χ1v) is 14.1. The molecule has 1 N–H and O–H groups in total. The summed E-state index contributed by atoms with van der Waals surface area (Å²) in [6, 6.07) is 40.3. The molecule has 5 nitrogen and oxygen atoms in total. The Morgan fingerprint density at radius 3 is 1.41 bits per heavy atom. The fourth-order valence-corrected chi connectivity index (χ4v) is 5.77. The molecule has 4 aromatic carbocycles. The molecular formula is C33H34O5S. The van der Waals surface area contributed by atoms with Gasteiger partial charge in [0.25, 0.3) is 0 Å². The maximum atomic E-state index is 10.4. The first-order chi connectivity index (χ1) is 19.3. The van der Waals surface area contributed by atoms with Crippen LogP contribution in [0.2, 0.25) is 0 Å². The van der Waals surface area contributed by atoms with E-state index in [0.29, 0.717) is 19.8 Å². The summed E-state index contributed by atoms with van der Waals surface area (Å²) < 4.78 is 26.2. The summed E-state index contributed by atoms with van der Waals surface area (Å²) >= 11 is 1.57. The summed E-state index contributed by atoms with van der Waals surface area (Å²) in [5.74, 6) is 0. The lowest BCUT2D eigenvalue weighted by atomic mass is 9.99. The van der Waals surface area contributed by atoms with Crippen LogP contribution in [0, 0.1) is 0 Å². The van der Waals surface area contributed by atoms with Crippen molar-refractivity contribution in [2.75, 3.05) is 6.61 Å².